The highest BCUT2D eigenvalue weighted by Crippen LogP contribution is 2.16. The van der Waals surface area contributed by atoms with E-state index < -0.39 is 0 Å². The fraction of sp³-hybridized carbons (Fsp3) is 0.385. The number of thioether (sulfide) groups is 1. The zero-order chi connectivity index (χ0) is 14.4. The highest BCUT2D eigenvalue weighted by atomic mass is 32.2. The Kier molecular flexibility index (Phi) is 5.11. The highest BCUT2D eigenvalue weighted by molar-refractivity contribution is 7.99. The molecule has 2 heterocycles. The van der Waals surface area contributed by atoms with Gasteiger partial charge in [-0.25, -0.2) is 0 Å². The van der Waals surface area contributed by atoms with Crippen LogP contribution in [0.15, 0.2) is 29.6 Å². The van der Waals surface area contributed by atoms with Gasteiger partial charge in [-0.2, -0.15) is 4.98 Å². The maximum atomic E-state index is 11.6. The van der Waals surface area contributed by atoms with Crippen molar-refractivity contribution in [2.24, 2.45) is 5.92 Å². The van der Waals surface area contributed by atoms with Crippen LogP contribution in [0.3, 0.4) is 0 Å². The van der Waals surface area contributed by atoms with Gasteiger partial charge in [0.2, 0.25) is 11.1 Å². The van der Waals surface area contributed by atoms with E-state index in [2.05, 4.69) is 39.3 Å². The van der Waals surface area contributed by atoms with Crippen molar-refractivity contribution in [3.05, 3.63) is 24.4 Å². The molecule has 0 unspecified atom stereocenters. The number of H-pyrrole nitrogens is 1. The van der Waals surface area contributed by atoms with Crippen LogP contribution >= 0.6 is 11.8 Å². The number of nitrogens with one attached hydrogen (secondary N) is 2. The number of aromatic amines is 1. The van der Waals surface area contributed by atoms with Gasteiger partial charge in [0.25, 0.3) is 0 Å². The summed E-state index contributed by atoms with van der Waals surface area (Å²) in [6.07, 6.45) is 1.70. The Labute approximate surface area is 121 Å². The Hall–Kier alpha value is -1.89. The monoisotopic (exact) mass is 291 g/mol. The van der Waals surface area contributed by atoms with E-state index in [1.165, 1.54) is 11.8 Å². The quantitative estimate of drug-likeness (QED) is 0.792. The third kappa shape index (κ3) is 4.34. The topological polar surface area (TPSA) is 83.6 Å². The Bertz CT molecular complexity index is 555. The first kappa shape index (κ1) is 14.5. The van der Waals surface area contributed by atoms with Gasteiger partial charge < -0.3 is 5.32 Å². The summed E-state index contributed by atoms with van der Waals surface area (Å²) in [5.41, 5.74) is 0.733. The van der Waals surface area contributed by atoms with E-state index in [1.54, 1.807) is 6.20 Å². The molecule has 0 aliphatic carbocycles. The molecule has 106 valence electrons. The van der Waals surface area contributed by atoms with Crippen LogP contribution in [0.2, 0.25) is 0 Å². The summed E-state index contributed by atoms with van der Waals surface area (Å²) in [5, 5.41) is 10.3. The molecule has 0 fully saturated rings. The molecule has 7 heteroatoms. The smallest absolute Gasteiger partial charge is 0.230 e. The zero-order valence-electron chi connectivity index (χ0n) is 11.5. The van der Waals surface area contributed by atoms with Gasteiger partial charge in [-0.15, -0.1) is 5.10 Å². The van der Waals surface area contributed by atoms with Crippen LogP contribution in [0.4, 0.5) is 0 Å². The maximum Gasteiger partial charge on any atom is 0.230 e. The molecule has 2 N–H and O–H groups in total. The van der Waals surface area contributed by atoms with Crippen molar-refractivity contribution >= 4 is 17.7 Å². The highest BCUT2D eigenvalue weighted by Gasteiger charge is 2.09. The number of aromatic nitrogens is 4. The second-order valence-corrected chi connectivity index (χ2v) is 5.61. The predicted molar refractivity (Wildman–Crippen MR) is 78.2 cm³/mol. The van der Waals surface area contributed by atoms with Gasteiger partial charge in [-0.05, 0) is 18.1 Å². The summed E-state index contributed by atoms with van der Waals surface area (Å²) in [6.45, 7) is 4.80. The summed E-state index contributed by atoms with van der Waals surface area (Å²) >= 11 is 1.30. The number of rotatable bonds is 6. The SMILES string of the molecule is CC(C)CNC(=O)CSc1n[nH]c(-c2ccccn2)n1. The number of carbonyl (C=O) groups excluding carboxylic acids is 1. The van der Waals surface area contributed by atoms with Crippen molar-refractivity contribution in [2.45, 2.75) is 19.0 Å². The molecule has 2 aromatic rings. The molecule has 20 heavy (non-hydrogen) atoms. The second-order valence-electron chi connectivity index (χ2n) is 4.67. The molecule has 6 nitrogen and oxygen atoms in total. The molecule has 0 radical (unpaired) electrons. The maximum absolute atomic E-state index is 11.6. The number of nitrogens with zero attached hydrogens (tertiary/aromatic N) is 3. The van der Waals surface area contributed by atoms with Crippen LogP contribution < -0.4 is 5.32 Å². The molecule has 0 atom stereocenters. The van der Waals surface area contributed by atoms with E-state index in [4.69, 9.17) is 0 Å². The largest absolute Gasteiger partial charge is 0.355 e. The average Bonchev–Trinajstić information content (AvgIpc) is 2.93. The van der Waals surface area contributed by atoms with Crippen molar-refractivity contribution in [3.63, 3.8) is 0 Å². The first-order valence-electron chi connectivity index (χ1n) is 6.38. The molecule has 2 rings (SSSR count). The van der Waals surface area contributed by atoms with Gasteiger partial charge in [-0.1, -0.05) is 31.7 Å². The molecular formula is C13H17N5OS. The van der Waals surface area contributed by atoms with Gasteiger partial charge in [0, 0.05) is 12.7 Å². The first-order valence-corrected chi connectivity index (χ1v) is 7.37. The van der Waals surface area contributed by atoms with E-state index in [0.717, 1.165) is 5.69 Å². The average molecular weight is 291 g/mol. The Morgan fingerprint density at radius 3 is 3.00 bits per heavy atom. The molecule has 2 aromatic heterocycles. The third-order valence-corrected chi connectivity index (χ3v) is 3.26. The lowest BCUT2D eigenvalue weighted by Crippen LogP contribution is -2.28. The number of pyridine rings is 1. The fourth-order valence-electron chi connectivity index (χ4n) is 1.43. The molecule has 0 aliphatic heterocycles. The predicted octanol–water partition coefficient (Wildman–Crippen LogP) is 1.73. The van der Waals surface area contributed by atoms with Crippen molar-refractivity contribution in [1.82, 2.24) is 25.5 Å². The van der Waals surface area contributed by atoms with E-state index in [-0.39, 0.29) is 5.91 Å². The van der Waals surface area contributed by atoms with Crippen LogP contribution in [-0.2, 0) is 4.79 Å². The van der Waals surface area contributed by atoms with Gasteiger partial charge in [-0.3, -0.25) is 14.9 Å². The van der Waals surface area contributed by atoms with E-state index in [0.29, 0.717) is 29.2 Å². The number of hydrogen-bond donors (Lipinski definition) is 2. The van der Waals surface area contributed by atoms with Gasteiger partial charge >= 0.3 is 0 Å². The number of carbonyl (C=O) groups is 1. The van der Waals surface area contributed by atoms with Gasteiger partial charge in [0.05, 0.1) is 5.75 Å². The number of hydrogen-bond acceptors (Lipinski definition) is 5. The molecule has 0 spiro atoms. The second kappa shape index (κ2) is 7.04. The third-order valence-electron chi connectivity index (χ3n) is 2.41. The molecule has 0 aliphatic rings. The number of amides is 1. The van der Waals surface area contributed by atoms with Crippen molar-refractivity contribution < 1.29 is 4.79 Å². The minimum Gasteiger partial charge on any atom is -0.355 e. The zero-order valence-corrected chi connectivity index (χ0v) is 12.3. The van der Waals surface area contributed by atoms with Crippen molar-refractivity contribution in [2.75, 3.05) is 12.3 Å². The van der Waals surface area contributed by atoms with E-state index >= 15 is 0 Å². The minimum atomic E-state index is -0.00659. The minimum absolute atomic E-state index is 0.00659. The first-order chi connectivity index (χ1) is 9.65. The van der Waals surface area contributed by atoms with Crippen LogP contribution in [0, 0.1) is 5.92 Å². The summed E-state index contributed by atoms with van der Waals surface area (Å²) < 4.78 is 0. The van der Waals surface area contributed by atoms with Crippen LogP contribution in [-0.4, -0.2) is 38.4 Å². The van der Waals surface area contributed by atoms with Crippen molar-refractivity contribution in [1.29, 1.82) is 0 Å². The molecule has 1 amide bonds. The molecule has 0 saturated heterocycles. The molecule has 0 bridgehead atoms. The summed E-state index contributed by atoms with van der Waals surface area (Å²) in [4.78, 5) is 20.1. The Morgan fingerprint density at radius 1 is 1.45 bits per heavy atom. The van der Waals surface area contributed by atoms with Crippen LogP contribution in [0.1, 0.15) is 13.8 Å². The van der Waals surface area contributed by atoms with E-state index in [1.807, 2.05) is 18.2 Å². The fourth-order valence-corrected chi connectivity index (χ4v) is 2.06. The van der Waals surface area contributed by atoms with Crippen LogP contribution in [0.5, 0.6) is 0 Å². The van der Waals surface area contributed by atoms with E-state index in [9.17, 15) is 4.79 Å². The summed E-state index contributed by atoms with van der Waals surface area (Å²) in [7, 11) is 0. The molecular weight excluding hydrogens is 274 g/mol. The molecule has 0 aromatic carbocycles. The normalized spacial score (nSPS) is 10.8. The summed E-state index contributed by atoms with van der Waals surface area (Å²) in [6, 6.07) is 5.58. The lowest BCUT2D eigenvalue weighted by Gasteiger charge is -2.05. The van der Waals surface area contributed by atoms with Gasteiger partial charge in [0.1, 0.15) is 5.69 Å². The molecule has 0 saturated carbocycles. The Morgan fingerprint density at radius 2 is 2.30 bits per heavy atom. The standard InChI is InChI=1S/C13H17N5OS/c1-9(2)7-15-11(19)8-20-13-16-12(17-18-13)10-5-3-4-6-14-10/h3-6,9H,7-8H2,1-2H3,(H,15,19)(H,16,17,18). The van der Waals surface area contributed by atoms with Crippen LogP contribution in [0.25, 0.3) is 11.5 Å². The summed E-state index contributed by atoms with van der Waals surface area (Å²) in [5.74, 6) is 1.36. The van der Waals surface area contributed by atoms with Gasteiger partial charge in [0.15, 0.2) is 5.82 Å². The lowest BCUT2D eigenvalue weighted by atomic mass is 10.2. The Balaban J connectivity index is 1.86. The lowest BCUT2D eigenvalue weighted by molar-refractivity contribution is -0.118. The van der Waals surface area contributed by atoms with Crippen molar-refractivity contribution in [3.8, 4) is 11.5 Å².